The Morgan fingerprint density at radius 2 is 1.65 bits per heavy atom. The quantitative estimate of drug-likeness (QED) is 0.203. The second-order valence-corrected chi connectivity index (χ2v) is 12.5. The summed E-state index contributed by atoms with van der Waals surface area (Å²) in [6, 6.07) is 19.0. The molecule has 0 saturated carbocycles. The fraction of sp³-hybridized carbons (Fsp3) is 0.316. The number of nitrogens with zero attached hydrogens (tertiary/aromatic N) is 3. The van der Waals surface area contributed by atoms with E-state index in [1.54, 1.807) is 61.4 Å². The second-order valence-electron chi connectivity index (χ2n) is 11.5. The van der Waals surface area contributed by atoms with E-state index >= 15 is 0 Å². The molecule has 1 fully saturated rings. The largest absolute Gasteiger partial charge is 0.493 e. The lowest BCUT2D eigenvalue weighted by atomic mass is 9.93. The molecule has 0 aliphatic carbocycles. The summed E-state index contributed by atoms with van der Waals surface area (Å²) in [5.74, 6) is 1.08. The van der Waals surface area contributed by atoms with E-state index in [0.29, 0.717) is 87.6 Å². The molecule has 2 aliphatic heterocycles. The fourth-order valence-electron chi connectivity index (χ4n) is 5.98. The summed E-state index contributed by atoms with van der Waals surface area (Å²) in [6.45, 7) is 6.00. The molecule has 0 N–H and O–H groups in total. The smallest absolute Gasteiger partial charge is 0.338 e. The van der Waals surface area contributed by atoms with E-state index in [1.807, 2.05) is 37.3 Å². The van der Waals surface area contributed by atoms with Gasteiger partial charge in [0, 0.05) is 18.7 Å². The number of thiazole rings is 1. The highest BCUT2D eigenvalue weighted by Gasteiger charge is 2.35. The third-order valence-electron chi connectivity index (χ3n) is 8.38. The van der Waals surface area contributed by atoms with Crippen LogP contribution in [0.25, 0.3) is 11.8 Å². The number of benzene rings is 3. The summed E-state index contributed by atoms with van der Waals surface area (Å²) in [6.07, 6.45) is 1.75. The van der Waals surface area contributed by atoms with Gasteiger partial charge in [-0.15, -0.1) is 0 Å². The first kappa shape index (κ1) is 35.4. The lowest BCUT2D eigenvalue weighted by molar-refractivity contribution is -0.139. The maximum Gasteiger partial charge on any atom is 0.338 e. The molecule has 3 aromatic carbocycles. The molecule has 1 amide bonds. The molecule has 1 atom stereocenters. The number of hydrogen-bond donors (Lipinski definition) is 0. The van der Waals surface area contributed by atoms with Gasteiger partial charge in [0.05, 0.1) is 62.5 Å². The van der Waals surface area contributed by atoms with Crippen molar-refractivity contribution in [3.05, 3.63) is 109 Å². The maximum absolute atomic E-state index is 14.4. The van der Waals surface area contributed by atoms with Gasteiger partial charge < -0.3 is 33.3 Å². The fourth-order valence-corrected chi connectivity index (χ4v) is 6.98. The van der Waals surface area contributed by atoms with Crippen molar-refractivity contribution in [3.63, 3.8) is 0 Å². The predicted octanol–water partition coefficient (Wildman–Crippen LogP) is 3.59. The lowest BCUT2D eigenvalue weighted by Crippen LogP contribution is -2.43. The SMILES string of the molecule is CCOC(=O)C1=C(c2ccccc2)N=c2s/c(=C/c3ccc(OCC(=O)N4CCOCC4)c(OCC)c3)c(=O)n2[C@H]1c1ccc(OC)c(OC)c1. The Morgan fingerprint density at radius 3 is 2.35 bits per heavy atom. The van der Waals surface area contributed by atoms with Gasteiger partial charge in [-0.1, -0.05) is 53.8 Å². The van der Waals surface area contributed by atoms with E-state index in [0.717, 1.165) is 0 Å². The highest BCUT2D eigenvalue weighted by Crippen LogP contribution is 2.38. The number of fused-ring (bicyclic) bond motifs is 1. The monoisotopic (exact) mass is 713 g/mol. The molecular formula is C38H39N3O9S. The molecule has 1 aromatic heterocycles. The van der Waals surface area contributed by atoms with Crippen LogP contribution in [0, 0.1) is 0 Å². The van der Waals surface area contributed by atoms with Crippen LogP contribution in [-0.4, -0.2) is 81.7 Å². The summed E-state index contributed by atoms with van der Waals surface area (Å²) < 4.78 is 35.7. The van der Waals surface area contributed by atoms with Crippen LogP contribution in [0.4, 0.5) is 0 Å². The molecule has 1 saturated heterocycles. The third-order valence-corrected chi connectivity index (χ3v) is 9.36. The third kappa shape index (κ3) is 7.54. The van der Waals surface area contributed by atoms with Gasteiger partial charge in [-0.2, -0.15) is 0 Å². The van der Waals surface area contributed by atoms with Gasteiger partial charge in [-0.05, 0) is 55.3 Å². The van der Waals surface area contributed by atoms with E-state index in [-0.39, 0.29) is 30.3 Å². The second kappa shape index (κ2) is 16.1. The van der Waals surface area contributed by atoms with Crippen molar-refractivity contribution in [2.75, 3.05) is 60.3 Å². The molecule has 0 unspecified atom stereocenters. The van der Waals surface area contributed by atoms with Crippen LogP contribution in [0.1, 0.15) is 36.6 Å². The molecule has 6 rings (SSSR count). The van der Waals surface area contributed by atoms with Gasteiger partial charge in [0.1, 0.15) is 0 Å². The molecule has 0 bridgehead atoms. The molecule has 12 nitrogen and oxygen atoms in total. The van der Waals surface area contributed by atoms with E-state index in [4.69, 9.17) is 33.4 Å². The van der Waals surface area contributed by atoms with Gasteiger partial charge >= 0.3 is 5.97 Å². The molecule has 4 aromatic rings. The minimum atomic E-state index is -0.892. The predicted molar refractivity (Wildman–Crippen MR) is 191 cm³/mol. The van der Waals surface area contributed by atoms with Crippen molar-refractivity contribution in [2.45, 2.75) is 19.9 Å². The summed E-state index contributed by atoms with van der Waals surface area (Å²) >= 11 is 1.21. The van der Waals surface area contributed by atoms with Crippen molar-refractivity contribution in [2.24, 2.45) is 4.99 Å². The number of ether oxygens (including phenoxy) is 6. The Morgan fingerprint density at radius 1 is 0.902 bits per heavy atom. The van der Waals surface area contributed by atoms with Crippen LogP contribution >= 0.6 is 11.3 Å². The number of esters is 1. The van der Waals surface area contributed by atoms with Crippen LogP contribution in [-0.2, 0) is 19.1 Å². The number of rotatable bonds is 12. The minimum Gasteiger partial charge on any atom is -0.493 e. The van der Waals surface area contributed by atoms with E-state index in [9.17, 15) is 14.4 Å². The average Bonchev–Trinajstić information content (AvgIpc) is 3.47. The van der Waals surface area contributed by atoms with Crippen LogP contribution in [0.2, 0.25) is 0 Å². The summed E-state index contributed by atoms with van der Waals surface area (Å²) in [5.41, 5.74) is 2.27. The zero-order valence-corrected chi connectivity index (χ0v) is 29.7. The highest BCUT2D eigenvalue weighted by atomic mass is 32.1. The first-order chi connectivity index (χ1) is 24.9. The Labute approximate surface area is 298 Å². The summed E-state index contributed by atoms with van der Waals surface area (Å²) in [4.78, 5) is 47.9. The molecular weight excluding hydrogens is 674 g/mol. The molecule has 0 spiro atoms. The van der Waals surface area contributed by atoms with Crippen molar-refractivity contribution in [3.8, 4) is 23.0 Å². The molecule has 13 heteroatoms. The van der Waals surface area contributed by atoms with Crippen LogP contribution in [0.3, 0.4) is 0 Å². The number of carbonyl (C=O) groups is 2. The number of morpholine rings is 1. The van der Waals surface area contributed by atoms with Gasteiger partial charge in [0.15, 0.2) is 34.4 Å². The number of methoxy groups -OCH3 is 2. The minimum absolute atomic E-state index is 0.132. The Balaban J connectivity index is 1.46. The number of amides is 1. The Bertz CT molecular complexity index is 2120. The van der Waals surface area contributed by atoms with Gasteiger partial charge in [0.2, 0.25) is 0 Å². The molecule has 2 aliphatic rings. The van der Waals surface area contributed by atoms with Crippen LogP contribution < -0.4 is 33.8 Å². The van der Waals surface area contributed by atoms with E-state index < -0.39 is 12.0 Å². The first-order valence-corrected chi connectivity index (χ1v) is 17.4. The lowest BCUT2D eigenvalue weighted by Gasteiger charge is -2.26. The number of hydrogen-bond acceptors (Lipinski definition) is 11. The van der Waals surface area contributed by atoms with Crippen molar-refractivity contribution in [1.29, 1.82) is 0 Å². The Kier molecular flexibility index (Phi) is 11.2. The van der Waals surface area contributed by atoms with Crippen LogP contribution in [0.5, 0.6) is 23.0 Å². The van der Waals surface area contributed by atoms with Crippen molar-refractivity contribution in [1.82, 2.24) is 9.47 Å². The first-order valence-electron chi connectivity index (χ1n) is 16.6. The van der Waals surface area contributed by atoms with Gasteiger partial charge in [-0.25, -0.2) is 9.79 Å². The van der Waals surface area contributed by atoms with Crippen molar-refractivity contribution < 1.29 is 38.0 Å². The molecule has 3 heterocycles. The molecule has 51 heavy (non-hydrogen) atoms. The van der Waals surface area contributed by atoms with Gasteiger partial charge in [0.25, 0.3) is 11.5 Å². The topological polar surface area (TPSA) is 127 Å². The number of carbonyl (C=O) groups excluding carboxylic acids is 2. The Hall–Kier alpha value is -5.40. The molecule has 0 radical (unpaired) electrons. The number of aromatic nitrogens is 1. The van der Waals surface area contributed by atoms with Gasteiger partial charge in [-0.3, -0.25) is 14.2 Å². The maximum atomic E-state index is 14.4. The standard InChI is InChI=1S/C38H39N3O9S/c1-5-48-30-20-24(12-14-28(30)50-23-32(42)40-16-18-47-19-17-40)21-31-36(43)41-35(26-13-15-27(45-3)29(22-26)46-4)33(37(44)49-6-2)34(39-38(41)51-31)25-10-8-7-9-11-25/h7-15,20-22,35H,5-6,16-19,23H2,1-4H3/b31-21+/t35-/m0/s1. The molecule has 266 valence electrons. The zero-order valence-electron chi connectivity index (χ0n) is 28.9. The zero-order chi connectivity index (χ0) is 35.9. The van der Waals surface area contributed by atoms with E-state index in [1.165, 1.54) is 23.0 Å². The van der Waals surface area contributed by atoms with Crippen LogP contribution in [0.15, 0.2) is 82.1 Å². The highest BCUT2D eigenvalue weighted by molar-refractivity contribution is 7.07. The summed E-state index contributed by atoms with van der Waals surface area (Å²) in [7, 11) is 3.07. The normalized spacial score (nSPS) is 15.9. The van der Waals surface area contributed by atoms with Crippen molar-refractivity contribution >= 4 is 35.0 Å². The average molecular weight is 714 g/mol. The summed E-state index contributed by atoms with van der Waals surface area (Å²) in [5, 5.41) is 0. The van der Waals surface area contributed by atoms with E-state index in [2.05, 4.69) is 0 Å².